The van der Waals surface area contributed by atoms with Crippen LogP contribution < -0.4 is 11.1 Å². The Kier molecular flexibility index (Phi) is 4.50. The number of aryl methyl sites for hydroxylation is 1. The second-order valence-electron chi connectivity index (χ2n) is 6.12. The van der Waals surface area contributed by atoms with E-state index in [-0.39, 0.29) is 23.9 Å². The molecule has 0 radical (unpaired) electrons. The highest BCUT2D eigenvalue weighted by atomic mass is 19.1. The van der Waals surface area contributed by atoms with Crippen LogP contribution in [0, 0.1) is 0 Å². The largest absolute Gasteiger partial charge is 0.508 e. The van der Waals surface area contributed by atoms with Crippen molar-refractivity contribution in [1.82, 2.24) is 9.88 Å². The Morgan fingerprint density at radius 3 is 2.73 bits per heavy atom. The van der Waals surface area contributed by atoms with Gasteiger partial charge in [0.2, 0.25) is 0 Å². The molecule has 7 nitrogen and oxygen atoms in total. The number of aliphatic imine (C=N–C) groups is 1. The summed E-state index contributed by atoms with van der Waals surface area (Å²) in [6.07, 6.45) is 1.85. The second kappa shape index (κ2) is 6.62. The third kappa shape index (κ3) is 2.83. The number of aromatic hydroxyl groups is 1. The summed E-state index contributed by atoms with van der Waals surface area (Å²) in [4.78, 5) is 29.1. The molecular formula is C18H19FN4O3. The third-order valence-corrected chi connectivity index (χ3v) is 4.33. The van der Waals surface area contributed by atoms with Gasteiger partial charge in [-0.3, -0.25) is 19.3 Å². The van der Waals surface area contributed by atoms with E-state index < -0.39 is 18.1 Å². The molecule has 8 heteroatoms. The zero-order chi connectivity index (χ0) is 18.9. The highest BCUT2D eigenvalue weighted by molar-refractivity contribution is 6.09. The van der Waals surface area contributed by atoms with Crippen LogP contribution in [0.1, 0.15) is 35.0 Å². The number of aromatic nitrogens is 1. The predicted molar refractivity (Wildman–Crippen MR) is 93.7 cm³/mol. The summed E-state index contributed by atoms with van der Waals surface area (Å²) in [5.74, 6) is -0.784. The molecule has 1 aromatic carbocycles. The molecule has 1 aliphatic heterocycles. The first-order chi connectivity index (χ1) is 12.4. The summed E-state index contributed by atoms with van der Waals surface area (Å²) in [5.41, 5.74) is 5.39. The number of guanidine groups is 1. The summed E-state index contributed by atoms with van der Waals surface area (Å²) in [6, 6.07) is 7.70. The molecule has 1 amide bonds. The van der Waals surface area contributed by atoms with Crippen molar-refractivity contribution in [3.05, 3.63) is 53.3 Å². The number of phenolic OH excluding ortho intramolecular Hbond substituents is 1. The second-order valence-corrected chi connectivity index (χ2v) is 6.12. The van der Waals surface area contributed by atoms with E-state index in [0.29, 0.717) is 23.4 Å². The monoisotopic (exact) mass is 358 g/mol. The number of hydrogen-bond donors (Lipinski definition) is 3. The van der Waals surface area contributed by atoms with E-state index in [1.54, 1.807) is 29.0 Å². The van der Waals surface area contributed by atoms with Crippen LogP contribution in [-0.2, 0) is 16.9 Å². The van der Waals surface area contributed by atoms with Crippen molar-refractivity contribution in [2.75, 3.05) is 6.67 Å². The number of hydrogen-bond acceptors (Lipinski definition) is 5. The lowest BCUT2D eigenvalue weighted by molar-refractivity contribution is -0.122. The van der Waals surface area contributed by atoms with Crippen molar-refractivity contribution in [1.29, 1.82) is 0 Å². The van der Waals surface area contributed by atoms with Crippen LogP contribution in [-0.4, -0.2) is 34.0 Å². The van der Waals surface area contributed by atoms with E-state index in [0.717, 1.165) is 0 Å². The van der Waals surface area contributed by atoms with E-state index in [4.69, 9.17) is 5.73 Å². The maximum Gasteiger partial charge on any atom is 0.264 e. The van der Waals surface area contributed by atoms with Crippen molar-refractivity contribution >= 4 is 17.6 Å². The highest BCUT2D eigenvalue weighted by Gasteiger charge is 2.47. The Hall–Kier alpha value is -3.16. The Bertz CT molecular complexity index is 906. The topological polar surface area (TPSA) is 110 Å². The number of ketones is 1. The number of rotatable bonds is 6. The van der Waals surface area contributed by atoms with Gasteiger partial charge in [-0.05, 0) is 30.2 Å². The molecule has 2 heterocycles. The summed E-state index contributed by atoms with van der Waals surface area (Å²) in [6.45, 7) is 1.18. The number of nitrogens with one attached hydrogen (secondary N) is 1. The molecule has 3 rings (SSSR count). The first-order valence-corrected chi connectivity index (χ1v) is 8.12. The predicted octanol–water partition coefficient (Wildman–Crippen LogP) is 1.44. The molecule has 4 N–H and O–H groups in total. The van der Waals surface area contributed by atoms with Gasteiger partial charge in [0.05, 0.1) is 12.4 Å². The SMILES string of the molecule is CC(=O)c1cc(C2(c3cccc(O)c3)N=C(N)NC2=O)cn1CCCF. The van der Waals surface area contributed by atoms with E-state index in [2.05, 4.69) is 10.3 Å². The number of amides is 1. The lowest BCUT2D eigenvalue weighted by Gasteiger charge is -2.23. The Labute approximate surface area is 149 Å². The van der Waals surface area contributed by atoms with Crippen molar-refractivity contribution in [2.45, 2.75) is 25.4 Å². The van der Waals surface area contributed by atoms with E-state index >= 15 is 0 Å². The molecule has 0 spiro atoms. The van der Waals surface area contributed by atoms with E-state index in [1.165, 1.54) is 19.1 Å². The van der Waals surface area contributed by atoms with Crippen molar-refractivity contribution in [3.63, 3.8) is 0 Å². The first kappa shape index (κ1) is 17.7. The number of phenols is 1. The molecule has 0 saturated carbocycles. The number of Topliss-reactive ketones (excluding diaryl/α,β-unsaturated/α-hetero) is 1. The van der Waals surface area contributed by atoms with Gasteiger partial charge in [0.25, 0.3) is 5.91 Å². The zero-order valence-electron chi connectivity index (χ0n) is 14.2. The van der Waals surface area contributed by atoms with Crippen molar-refractivity contribution < 1.29 is 19.1 Å². The quantitative estimate of drug-likeness (QED) is 0.679. The van der Waals surface area contributed by atoms with Crippen LogP contribution in [0.4, 0.5) is 4.39 Å². The minimum absolute atomic E-state index is 0.0287. The fourth-order valence-corrected chi connectivity index (χ4v) is 3.18. The molecule has 1 aliphatic rings. The van der Waals surface area contributed by atoms with Gasteiger partial charge in [0, 0.05) is 25.2 Å². The standard InChI is InChI=1S/C18H19FN4O3/c1-11(24)15-9-13(10-23(15)7-3-6-19)18(16(26)21-17(20)22-18)12-4-2-5-14(25)8-12/h2,4-5,8-10,25H,3,6-7H2,1H3,(H3,20,21,22,26). The number of carbonyl (C=O) groups excluding carboxylic acids is 2. The molecule has 0 bridgehead atoms. The number of nitrogens with two attached hydrogens (primary N) is 1. The molecule has 0 fully saturated rings. The summed E-state index contributed by atoms with van der Waals surface area (Å²) >= 11 is 0. The maximum absolute atomic E-state index is 12.8. The van der Waals surface area contributed by atoms with Crippen LogP contribution in [0.25, 0.3) is 0 Å². The fraction of sp³-hybridized carbons (Fsp3) is 0.278. The van der Waals surface area contributed by atoms with Gasteiger partial charge in [0.1, 0.15) is 5.75 Å². The van der Waals surface area contributed by atoms with Gasteiger partial charge in [-0.15, -0.1) is 0 Å². The third-order valence-electron chi connectivity index (χ3n) is 4.33. The minimum Gasteiger partial charge on any atom is -0.508 e. The molecule has 0 saturated heterocycles. The van der Waals surface area contributed by atoms with Gasteiger partial charge in [-0.25, -0.2) is 4.99 Å². The molecule has 2 aromatic rings. The van der Waals surface area contributed by atoms with Gasteiger partial charge < -0.3 is 15.4 Å². The fourth-order valence-electron chi connectivity index (χ4n) is 3.18. The molecular weight excluding hydrogens is 339 g/mol. The van der Waals surface area contributed by atoms with E-state index in [1.807, 2.05) is 0 Å². The average Bonchev–Trinajstić information content (AvgIpc) is 3.14. The van der Waals surface area contributed by atoms with Gasteiger partial charge >= 0.3 is 0 Å². The summed E-state index contributed by atoms with van der Waals surface area (Å²) < 4.78 is 14.2. The van der Waals surface area contributed by atoms with Gasteiger partial charge in [-0.1, -0.05) is 12.1 Å². The minimum atomic E-state index is -1.52. The van der Waals surface area contributed by atoms with Crippen LogP contribution in [0.5, 0.6) is 5.75 Å². The Balaban J connectivity index is 2.21. The molecule has 136 valence electrons. The van der Waals surface area contributed by atoms with Crippen molar-refractivity contribution in [3.8, 4) is 5.75 Å². The number of halogens is 1. The summed E-state index contributed by atoms with van der Waals surface area (Å²) in [5, 5.41) is 12.3. The van der Waals surface area contributed by atoms with Crippen LogP contribution in [0.15, 0.2) is 41.5 Å². The molecule has 1 atom stereocenters. The molecule has 1 aromatic heterocycles. The van der Waals surface area contributed by atoms with E-state index in [9.17, 15) is 19.1 Å². The van der Waals surface area contributed by atoms with Crippen LogP contribution >= 0.6 is 0 Å². The lowest BCUT2D eigenvalue weighted by Crippen LogP contribution is -2.39. The lowest BCUT2D eigenvalue weighted by atomic mass is 9.84. The maximum atomic E-state index is 12.8. The molecule has 26 heavy (non-hydrogen) atoms. The van der Waals surface area contributed by atoms with Gasteiger partial charge in [0.15, 0.2) is 17.3 Å². The Morgan fingerprint density at radius 2 is 2.15 bits per heavy atom. The number of carbonyl (C=O) groups is 2. The molecule has 1 unspecified atom stereocenters. The molecule has 0 aliphatic carbocycles. The number of alkyl halides is 1. The van der Waals surface area contributed by atoms with Crippen molar-refractivity contribution in [2.24, 2.45) is 10.7 Å². The zero-order valence-corrected chi connectivity index (χ0v) is 14.2. The smallest absolute Gasteiger partial charge is 0.264 e. The first-order valence-electron chi connectivity index (χ1n) is 8.12. The summed E-state index contributed by atoms with van der Waals surface area (Å²) in [7, 11) is 0. The normalized spacial score (nSPS) is 19.3. The van der Waals surface area contributed by atoms with Crippen LogP contribution in [0.2, 0.25) is 0 Å². The van der Waals surface area contributed by atoms with Crippen LogP contribution in [0.3, 0.4) is 0 Å². The highest BCUT2D eigenvalue weighted by Crippen LogP contribution is 2.39. The van der Waals surface area contributed by atoms with Gasteiger partial charge in [-0.2, -0.15) is 0 Å². The number of nitrogens with zero attached hydrogens (tertiary/aromatic N) is 2. The average molecular weight is 358 g/mol. The number of benzene rings is 1. The Morgan fingerprint density at radius 1 is 1.38 bits per heavy atom.